The van der Waals surface area contributed by atoms with E-state index in [2.05, 4.69) is 5.32 Å². The van der Waals surface area contributed by atoms with Gasteiger partial charge in [0.2, 0.25) is 21.8 Å². The fourth-order valence-corrected chi connectivity index (χ4v) is 5.77. The minimum Gasteiger partial charge on any atom is -0.350 e. The Morgan fingerprint density at radius 1 is 0.902 bits per heavy atom. The number of hydrogen-bond acceptors (Lipinski definition) is 4. The minimum atomic E-state index is -3.57. The van der Waals surface area contributed by atoms with Gasteiger partial charge in [0.25, 0.3) is 0 Å². The molecule has 1 N–H and O–H groups in total. The molecular weight excluding hydrogens is 558 g/mol. The van der Waals surface area contributed by atoms with Crippen molar-refractivity contribution in [3.8, 4) is 0 Å². The number of carbonyl (C=O) groups is 2. The maximum Gasteiger partial charge on any atom is 0.243 e. The predicted octanol–water partition coefficient (Wildman–Crippen LogP) is 5.75. The largest absolute Gasteiger partial charge is 0.350 e. The first-order valence-corrected chi connectivity index (χ1v) is 15.9. The van der Waals surface area contributed by atoms with Crippen LogP contribution in [0.5, 0.6) is 0 Å². The number of aryl methyl sites for hydroxylation is 1. The van der Waals surface area contributed by atoms with Crippen LogP contribution in [0.2, 0.25) is 5.02 Å². The van der Waals surface area contributed by atoms with E-state index in [1.54, 1.807) is 29.2 Å². The highest BCUT2D eigenvalue weighted by atomic mass is 35.5. The zero-order chi connectivity index (χ0) is 30.2. The lowest BCUT2D eigenvalue weighted by Crippen LogP contribution is -2.54. The Balaban J connectivity index is 1.90. The number of rotatable bonds is 12. The van der Waals surface area contributed by atoms with Crippen molar-refractivity contribution in [3.63, 3.8) is 0 Å². The lowest BCUT2D eigenvalue weighted by molar-refractivity contribution is -0.142. The number of carbonyl (C=O) groups excluding carboxylic acids is 2. The van der Waals surface area contributed by atoms with Crippen molar-refractivity contribution in [2.24, 2.45) is 0 Å². The van der Waals surface area contributed by atoms with Gasteiger partial charge in [0.1, 0.15) is 6.04 Å². The third-order valence-corrected chi connectivity index (χ3v) is 8.00. The molecule has 1 unspecified atom stereocenters. The zero-order valence-electron chi connectivity index (χ0n) is 24.4. The maximum absolute atomic E-state index is 13.9. The highest BCUT2D eigenvalue weighted by Crippen LogP contribution is 2.23. The van der Waals surface area contributed by atoms with Crippen molar-refractivity contribution >= 4 is 39.1 Å². The molecule has 0 heterocycles. The number of para-hydroxylation sites is 1. The number of amides is 2. The lowest BCUT2D eigenvalue weighted by atomic mass is 10.00. The van der Waals surface area contributed by atoms with Crippen molar-refractivity contribution in [2.75, 3.05) is 17.1 Å². The zero-order valence-corrected chi connectivity index (χ0v) is 26.0. The summed E-state index contributed by atoms with van der Waals surface area (Å²) in [5.74, 6) is -0.482. The van der Waals surface area contributed by atoms with E-state index >= 15 is 0 Å². The molecule has 0 aromatic heterocycles. The summed E-state index contributed by atoms with van der Waals surface area (Å²) < 4.78 is 26.7. The highest BCUT2D eigenvalue weighted by molar-refractivity contribution is 7.92. The summed E-state index contributed by atoms with van der Waals surface area (Å²) in [4.78, 5) is 29.2. The summed E-state index contributed by atoms with van der Waals surface area (Å²) in [7, 11) is -3.57. The molecular formula is C32H40ClN3O4S. The van der Waals surface area contributed by atoms with Gasteiger partial charge in [-0.1, -0.05) is 72.3 Å². The molecule has 0 saturated carbocycles. The number of nitrogens with one attached hydrogen (secondary N) is 1. The van der Waals surface area contributed by atoms with Crippen molar-refractivity contribution in [1.82, 2.24) is 10.2 Å². The predicted molar refractivity (Wildman–Crippen MR) is 166 cm³/mol. The van der Waals surface area contributed by atoms with E-state index in [0.29, 0.717) is 17.1 Å². The highest BCUT2D eigenvalue weighted by Gasteiger charge is 2.32. The summed E-state index contributed by atoms with van der Waals surface area (Å²) in [6.07, 6.45) is 1.86. The smallest absolute Gasteiger partial charge is 0.243 e. The summed E-state index contributed by atoms with van der Waals surface area (Å²) >= 11 is 6.10. The Bertz CT molecular complexity index is 1420. The van der Waals surface area contributed by atoms with Crippen LogP contribution in [0.15, 0.2) is 78.9 Å². The Morgan fingerprint density at radius 2 is 1.51 bits per heavy atom. The quantitative estimate of drug-likeness (QED) is 0.288. The molecule has 0 fully saturated rings. The van der Waals surface area contributed by atoms with Gasteiger partial charge in [-0.3, -0.25) is 13.9 Å². The Morgan fingerprint density at radius 3 is 2.10 bits per heavy atom. The van der Waals surface area contributed by atoms with E-state index in [-0.39, 0.29) is 37.7 Å². The van der Waals surface area contributed by atoms with Gasteiger partial charge in [-0.2, -0.15) is 0 Å². The second-order valence-electron chi connectivity index (χ2n) is 11.3. The number of halogens is 1. The molecule has 0 aliphatic heterocycles. The first-order chi connectivity index (χ1) is 19.2. The SMILES string of the molecule is Cc1ccccc1N(CCCC(=O)N(Cc1ccc(Cl)cc1)C(Cc1ccccc1)C(=O)NC(C)(C)C)S(C)(=O)=O. The number of nitrogens with zero attached hydrogens (tertiary/aromatic N) is 2. The van der Waals surface area contributed by atoms with Crippen LogP contribution in [0.25, 0.3) is 0 Å². The van der Waals surface area contributed by atoms with Gasteiger partial charge in [0, 0.05) is 36.5 Å². The summed E-state index contributed by atoms with van der Waals surface area (Å²) in [6.45, 7) is 7.92. The summed E-state index contributed by atoms with van der Waals surface area (Å²) in [6, 6.07) is 23.3. The Labute approximate surface area is 249 Å². The third-order valence-electron chi connectivity index (χ3n) is 6.57. The molecule has 0 radical (unpaired) electrons. The van der Waals surface area contributed by atoms with Crippen LogP contribution < -0.4 is 9.62 Å². The molecule has 0 saturated heterocycles. The summed E-state index contributed by atoms with van der Waals surface area (Å²) in [5.41, 5.74) is 2.69. The molecule has 7 nitrogen and oxygen atoms in total. The molecule has 0 bridgehead atoms. The van der Waals surface area contributed by atoms with E-state index < -0.39 is 21.6 Å². The van der Waals surface area contributed by atoms with E-state index in [0.717, 1.165) is 16.7 Å². The van der Waals surface area contributed by atoms with E-state index in [1.807, 2.05) is 82.3 Å². The first kappa shape index (κ1) is 32.2. The van der Waals surface area contributed by atoms with Gasteiger partial charge in [0.05, 0.1) is 11.9 Å². The average Bonchev–Trinajstić information content (AvgIpc) is 2.89. The second-order valence-corrected chi connectivity index (χ2v) is 13.7. The van der Waals surface area contributed by atoms with Crippen molar-refractivity contribution < 1.29 is 18.0 Å². The average molecular weight is 598 g/mol. The van der Waals surface area contributed by atoms with Crippen LogP contribution in [0.3, 0.4) is 0 Å². The molecule has 3 rings (SSSR count). The topological polar surface area (TPSA) is 86.8 Å². The summed E-state index contributed by atoms with van der Waals surface area (Å²) in [5, 5.41) is 3.63. The Hall–Kier alpha value is -3.36. The van der Waals surface area contributed by atoms with E-state index in [1.165, 1.54) is 10.6 Å². The van der Waals surface area contributed by atoms with Crippen LogP contribution in [0.4, 0.5) is 5.69 Å². The van der Waals surface area contributed by atoms with Gasteiger partial charge in [-0.15, -0.1) is 0 Å². The van der Waals surface area contributed by atoms with Gasteiger partial charge in [-0.05, 0) is 69.0 Å². The van der Waals surface area contributed by atoms with Crippen LogP contribution in [-0.4, -0.2) is 49.5 Å². The monoisotopic (exact) mass is 597 g/mol. The van der Waals surface area contributed by atoms with E-state index in [4.69, 9.17) is 11.6 Å². The molecule has 9 heteroatoms. The first-order valence-electron chi connectivity index (χ1n) is 13.7. The fourth-order valence-electron chi connectivity index (χ4n) is 4.62. The molecule has 3 aromatic carbocycles. The van der Waals surface area contributed by atoms with Gasteiger partial charge in [0.15, 0.2) is 0 Å². The molecule has 0 spiro atoms. The van der Waals surface area contributed by atoms with Crippen LogP contribution >= 0.6 is 11.6 Å². The number of anilines is 1. The standard InChI is InChI=1S/C32H40ClN3O4S/c1-24-12-9-10-15-28(24)36(41(5,39)40)21-11-16-30(37)35(23-26-17-19-27(33)20-18-26)29(31(38)34-32(2,3)4)22-25-13-7-6-8-14-25/h6-10,12-15,17-20,29H,11,16,21-23H2,1-5H3,(H,34,38). The lowest BCUT2D eigenvalue weighted by Gasteiger charge is -2.34. The van der Waals surface area contributed by atoms with Crippen molar-refractivity contribution in [2.45, 2.75) is 65.1 Å². The molecule has 0 aliphatic carbocycles. The van der Waals surface area contributed by atoms with Crippen molar-refractivity contribution in [3.05, 3.63) is 101 Å². The van der Waals surface area contributed by atoms with E-state index in [9.17, 15) is 18.0 Å². The fraction of sp³-hybridized carbons (Fsp3) is 0.375. The normalized spacial score (nSPS) is 12.4. The van der Waals surface area contributed by atoms with Crippen molar-refractivity contribution in [1.29, 1.82) is 0 Å². The number of hydrogen-bond donors (Lipinski definition) is 1. The number of benzene rings is 3. The molecule has 41 heavy (non-hydrogen) atoms. The second kappa shape index (κ2) is 14.0. The Kier molecular flexibility index (Phi) is 11.0. The molecule has 1 atom stereocenters. The van der Waals surface area contributed by atoms with Gasteiger partial charge < -0.3 is 10.2 Å². The molecule has 3 aromatic rings. The molecule has 0 aliphatic rings. The minimum absolute atomic E-state index is 0.0690. The van der Waals surface area contributed by atoms with Crippen LogP contribution in [-0.2, 0) is 32.6 Å². The number of sulfonamides is 1. The maximum atomic E-state index is 13.9. The van der Waals surface area contributed by atoms with Crippen LogP contribution in [0, 0.1) is 6.92 Å². The van der Waals surface area contributed by atoms with Gasteiger partial charge >= 0.3 is 0 Å². The molecule has 220 valence electrons. The third kappa shape index (κ3) is 9.90. The molecule has 2 amide bonds. The van der Waals surface area contributed by atoms with Crippen LogP contribution in [0.1, 0.15) is 50.3 Å². The van der Waals surface area contributed by atoms with Gasteiger partial charge in [-0.25, -0.2) is 8.42 Å².